The van der Waals surface area contributed by atoms with Gasteiger partial charge in [0.2, 0.25) is 12.7 Å². The minimum atomic E-state index is -0.292. The van der Waals surface area contributed by atoms with E-state index in [1.807, 2.05) is 17.0 Å². The standard InChI is InChI=1S/C17H17NO4/c19-13-8-18-16(20)5-10-3-1-2-4-17(10,18)12-7-15-14(6-11(12)13)21-9-22-15/h6-7,10H,1-5,8-9H2/t10-,17-/m0/s1. The number of carbonyl (C=O) groups is 2. The quantitative estimate of drug-likeness (QED) is 0.737. The van der Waals surface area contributed by atoms with Crippen LogP contribution in [0.25, 0.3) is 0 Å². The van der Waals surface area contributed by atoms with Crippen LogP contribution in [0, 0.1) is 5.92 Å². The Morgan fingerprint density at radius 3 is 2.82 bits per heavy atom. The van der Waals surface area contributed by atoms with Crippen molar-refractivity contribution >= 4 is 11.7 Å². The molecule has 0 aromatic heterocycles. The summed E-state index contributed by atoms with van der Waals surface area (Å²) < 4.78 is 10.9. The molecule has 0 bridgehead atoms. The van der Waals surface area contributed by atoms with Gasteiger partial charge in [0.15, 0.2) is 17.3 Å². The zero-order valence-corrected chi connectivity index (χ0v) is 12.3. The third-order valence-corrected chi connectivity index (χ3v) is 5.82. The van der Waals surface area contributed by atoms with E-state index < -0.39 is 0 Å². The van der Waals surface area contributed by atoms with Crippen molar-refractivity contribution in [2.45, 2.75) is 37.6 Å². The van der Waals surface area contributed by atoms with Crippen molar-refractivity contribution in [2.75, 3.05) is 13.3 Å². The number of amides is 1. The second-order valence-corrected chi connectivity index (χ2v) is 6.73. The molecule has 22 heavy (non-hydrogen) atoms. The zero-order valence-electron chi connectivity index (χ0n) is 12.3. The topological polar surface area (TPSA) is 55.8 Å². The Morgan fingerprint density at radius 1 is 1.14 bits per heavy atom. The maximum atomic E-state index is 12.6. The van der Waals surface area contributed by atoms with E-state index in [0.717, 1.165) is 30.4 Å². The fourth-order valence-electron chi connectivity index (χ4n) is 4.89. The van der Waals surface area contributed by atoms with Crippen LogP contribution in [0.4, 0.5) is 0 Å². The van der Waals surface area contributed by atoms with E-state index >= 15 is 0 Å². The Labute approximate surface area is 128 Å². The summed E-state index contributed by atoms with van der Waals surface area (Å²) >= 11 is 0. The Balaban J connectivity index is 1.77. The molecule has 5 heteroatoms. The molecule has 114 valence electrons. The molecular weight excluding hydrogens is 282 g/mol. The molecule has 0 unspecified atom stereocenters. The Morgan fingerprint density at radius 2 is 1.95 bits per heavy atom. The van der Waals surface area contributed by atoms with Gasteiger partial charge in [0.25, 0.3) is 0 Å². The van der Waals surface area contributed by atoms with Gasteiger partial charge in [-0.2, -0.15) is 0 Å². The second-order valence-electron chi connectivity index (χ2n) is 6.73. The first kappa shape index (κ1) is 12.5. The van der Waals surface area contributed by atoms with Crippen LogP contribution in [-0.4, -0.2) is 29.9 Å². The van der Waals surface area contributed by atoms with Gasteiger partial charge >= 0.3 is 0 Å². The molecule has 1 saturated carbocycles. The molecule has 3 aliphatic heterocycles. The highest BCUT2D eigenvalue weighted by Gasteiger charge is 2.58. The maximum Gasteiger partial charge on any atom is 0.231 e. The third kappa shape index (κ3) is 1.35. The fourth-order valence-corrected chi connectivity index (χ4v) is 4.89. The Hall–Kier alpha value is -2.04. The monoisotopic (exact) mass is 299 g/mol. The second kappa shape index (κ2) is 4.03. The van der Waals surface area contributed by atoms with Crippen LogP contribution < -0.4 is 9.47 Å². The van der Waals surface area contributed by atoms with Gasteiger partial charge < -0.3 is 14.4 Å². The molecule has 5 nitrogen and oxygen atoms in total. The summed E-state index contributed by atoms with van der Waals surface area (Å²) in [6.07, 6.45) is 4.85. The number of fused-ring (bicyclic) bond motifs is 2. The number of ketones is 1. The summed E-state index contributed by atoms with van der Waals surface area (Å²) in [4.78, 5) is 26.9. The van der Waals surface area contributed by atoms with Crippen molar-refractivity contribution in [1.29, 1.82) is 0 Å². The van der Waals surface area contributed by atoms with Gasteiger partial charge in [-0.25, -0.2) is 0 Å². The smallest absolute Gasteiger partial charge is 0.231 e. The molecule has 5 rings (SSSR count). The van der Waals surface area contributed by atoms with E-state index in [-0.39, 0.29) is 30.6 Å². The summed E-state index contributed by atoms with van der Waals surface area (Å²) in [5.74, 6) is 1.81. The number of carbonyl (C=O) groups excluding carboxylic acids is 2. The zero-order chi connectivity index (χ0) is 14.9. The Bertz CT molecular complexity index is 713. The van der Waals surface area contributed by atoms with E-state index in [2.05, 4.69) is 0 Å². The van der Waals surface area contributed by atoms with Crippen molar-refractivity contribution in [3.63, 3.8) is 0 Å². The molecule has 1 saturated heterocycles. The highest BCUT2D eigenvalue weighted by atomic mass is 16.7. The molecule has 4 aliphatic rings. The predicted octanol–water partition coefficient (Wildman–Crippen LogP) is 2.23. The van der Waals surface area contributed by atoms with Crippen LogP contribution in [0.1, 0.15) is 48.0 Å². The van der Waals surface area contributed by atoms with Gasteiger partial charge in [-0.05, 0) is 36.5 Å². The lowest BCUT2D eigenvalue weighted by Gasteiger charge is -2.48. The third-order valence-electron chi connectivity index (χ3n) is 5.82. The highest BCUT2D eigenvalue weighted by molar-refractivity contribution is 6.04. The van der Waals surface area contributed by atoms with Crippen LogP contribution >= 0.6 is 0 Å². The minimum absolute atomic E-state index is 0.0125. The van der Waals surface area contributed by atoms with E-state index in [0.29, 0.717) is 23.8 Å². The molecule has 0 N–H and O–H groups in total. The van der Waals surface area contributed by atoms with Gasteiger partial charge in [0.1, 0.15) is 0 Å². The van der Waals surface area contributed by atoms with Crippen LogP contribution in [0.5, 0.6) is 11.5 Å². The lowest BCUT2D eigenvalue weighted by atomic mass is 9.66. The number of Topliss-reactive ketones (excluding diaryl/α,β-unsaturated/α-hetero) is 1. The van der Waals surface area contributed by atoms with Crippen LogP contribution in [0.2, 0.25) is 0 Å². The number of hydrogen-bond donors (Lipinski definition) is 0. The van der Waals surface area contributed by atoms with Crippen LogP contribution in [0.15, 0.2) is 12.1 Å². The molecule has 1 spiro atoms. The SMILES string of the molecule is O=C1CN2C(=O)C[C@@H]3CCCC[C@@]32c2cc3c(cc21)OCO3. The average Bonchev–Trinajstić information content (AvgIpc) is 3.09. The molecular formula is C17H17NO4. The summed E-state index contributed by atoms with van der Waals surface area (Å²) in [6.45, 7) is 0.410. The average molecular weight is 299 g/mol. The molecule has 1 amide bonds. The minimum Gasteiger partial charge on any atom is -0.454 e. The summed E-state index contributed by atoms with van der Waals surface area (Å²) in [5, 5.41) is 0. The number of rotatable bonds is 0. The van der Waals surface area contributed by atoms with Gasteiger partial charge in [-0.3, -0.25) is 9.59 Å². The van der Waals surface area contributed by atoms with Crippen molar-refractivity contribution in [3.05, 3.63) is 23.3 Å². The van der Waals surface area contributed by atoms with Gasteiger partial charge in [0, 0.05) is 12.0 Å². The number of ether oxygens (including phenoxy) is 2. The van der Waals surface area contributed by atoms with Crippen molar-refractivity contribution < 1.29 is 19.1 Å². The van der Waals surface area contributed by atoms with E-state index in [9.17, 15) is 9.59 Å². The van der Waals surface area contributed by atoms with Gasteiger partial charge in [0.05, 0.1) is 12.1 Å². The number of benzene rings is 1. The number of hydrogen-bond acceptors (Lipinski definition) is 4. The largest absolute Gasteiger partial charge is 0.454 e. The van der Waals surface area contributed by atoms with Gasteiger partial charge in [-0.15, -0.1) is 0 Å². The lowest BCUT2D eigenvalue weighted by molar-refractivity contribution is -0.131. The predicted molar refractivity (Wildman–Crippen MR) is 76.9 cm³/mol. The first-order valence-corrected chi connectivity index (χ1v) is 7.98. The van der Waals surface area contributed by atoms with Crippen molar-refractivity contribution in [3.8, 4) is 11.5 Å². The van der Waals surface area contributed by atoms with E-state index in [1.54, 1.807) is 0 Å². The first-order valence-electron chi connectivity index (χ1n) is 7.98. The normalized spacial score (nSPS) is 31.8. The molecule has 1 aliphatic carbocycles. The maximum absolute atomic E-state index is 12.6. The van der Waals surface area contributed by atoms with Crippen molar-refractivity contribution in [1.82, 2.24) is 4.90 Å². The van der Waals surface area contributed by atoms with E-state index in [1.165, 1.54) is 6.42 Å². The number of nitrogens with zero attached hydrogens (tertiary/aromatic N) is 1. The van der Waals surface area contributed by atoms with Crippen LogP contribution in [0.3, 0.4) is 0 Å². The first-order chi connectivity index (χ1) is 10.7. The molecule has 3 heterocycles. The summed E-state index contributed by atoms with van der Waals surface area (Å²) in [6, 6.07) is 3.78. The Kier molecular flexibility index (Phi) is 2.29. The summed E-state index contributed by atoms with van der Waals surface area (Å²) in [5.41, 5.74) is 1.42. The van der Waals surface area contributed by atoms with Gasteiger partial charge in [-0.1, -0.05) is 12.8 Å². The molecule has 1 aromatic carbocycles. The fraction of sp³-hybridized carbons (Fsp3) is 0.529. The van der Waals surface area contributed by atoms with E-state index in [4.69, 9.17) is 9.47 Å². The molecule has 0 radical (unpaired) electrons. The molecule has 2 fully saturated rings. The lowest BCUT2D eigenvalue weighted by Crippen LogP contribution is -2.53. The van der Waals surface area contributed by atoms with Crippen LogP contribution in [-0.2, 0) is 10.3 Å². The highest BCUT2D eigenvalue weighted by Crippen LogP contribution is 2.56. The molecule has 2 atom stereocenters. The summed E-state index contributed by atoms with van der Waals surface area (Å²) in [7, 11) is 0. The van der Waals surface area contributed by atoms with Crippen molar-refractivity contribution in [2.24, 2.45) is 5.92 Å². The molecule has 1 aromatic rings.